The van der Waals surface area contributed by atoms with Crippen LogP contribution in [-0.4, -0.2) is 91.6 Å². The Morgan fingerprint density at radius 1 is 0.714 bits per heavy atom. The summed E-state index contributed by atoms with van der Waals surface area (Å²) in [5.74, 6) is -2.24. The van der Waals surface area contributed by atoms with Crippen LogP contribution in [0.15, 0.2) is 24.3 Å². The number of nitrogens with one attached hydrogen (secondary N) is 6. The average Bonchev–Trinajstić information content (AvgIpc) is 3.04. The number of rotatable bonds is 25. The van der Waals surface area contributed by atoms with Crippen LogP contribution in [-0.2, 0) is 35.1 Å². The molecule has 9 N–H and O–H groups in total. The second kappa shape index (κ2) is 24.7. The maximum absolute atomic E-state index is 13.7. The third kappa shape index (κ3) is 19.3. The summed E-state index contributed by atoms with van der Waals surface area (Å²) in [7, 11) is 0. The van der Waals surface area contributed by atoms with Gasteiger partial charge in [0, 0.05) is 38.9 Å². The second-order valence-electron chi connectivity index (χ2n) is 12.2. The molecule has 15 heteroatoms. The van der Waals surface area contributed by atoms with Crippen LogP contribution in [0.3, 0.4) is 0 Å². The van der Waals surface area contributed by atoms with E-state index in [2.05, 4.69) is 31.9 Å². The number of phenolic OH excluding ortho intramolecular Hbond substituents is 1. The van der Waals surface area contributed by atoms with E-state index in [-0.39, 0.29) is 75.5 Å². The summed E-state index contributed by atoms with van der Waals surface area (Å²) in [5, 5.41) is 25.9. The summed E-state index contributed by atoms with van der Waals surface area (Å²) in [6, 6.07) is 2.39. The Morgan fingerprint density at radius 2 is 1.37 bits per heavy atom. The highest BCUT2D eigenvalue weighted by Crippen LogP contribution is 2.12. The van der Waals surface area contributed by atoms with E-state index in [0.717, 1.165) is 19.3 Å². The zero-order chi connectivity index (χ0) is 36.6. The minimum atomic E-state index is -1.11. The van der Waals surface area contributed by atoms with E-state index in [0.29, 0.717) is 24.9 Å². The first kappa shape index (κ1) is 42.6. The fourth-order valence-corrected chi connectivity index (χ4v) is 4.76. The van der Waals surface area contributed by atoms with Crippen molar-refractivity contribution in [1.29, 1.82) is 0 Å². The summed E-state index contributed by atoms with van der Waals surface area (Å²) in [6.45, 7) is 8.57. The van der Waals surface area contributed by atoms with Crippen LogP contribution in [0, 0.1) is 5.92 Å². The number of unbranched alkanes of at least 4 members (excludes halogenated alkanes) is 2. The van der Waals surface area contributed by atoms with Crippen LogP contribution in [0.1, 0.15) is 84.6 Å². The lowest BCUT2D eigenvalue weighted by atomic mass is 10.0. The SMILES string of the molecule is CCCCCC(=O)N[C@H](C(=O)N[C@@H](CCCNC(N)=O)C(=O)NC(Cc1ccc(O)cc1)C(=O)NCCOCCNC(=O)CCC)C(C)C. The van der Waals surface area contributed by atoms with Gasteiger partial charge < -0.3 is 47.5 Å². The minimum absolute atomic E-state index is 0.0429. The molecule has 15 nitrogen and oxygen atoms in total. The van der Waals surface area contributed by atoms with Crippen LogP contribution >= 0.6 is 0 Å². The van der Waals surface area contributed by atoms with Crippen LogP contribution in [0.5, 0.6) is 5.75 Å². The molecule has 0 aromatic heterocycles. The number of hydrogen-bond acceptors (Lipinski definition) is 8. The second-order valence-corrected chi connectivity index (χ2v) is 12.2. The largest absolute Gasteiger partial charge is 0.508 e. The van der Waals surface area contributed by atoms with Gasteiger partial charge in [-0.1, -0.05) is 52.7 Å². The van der Waals surface area contributed by atoms with Gasteiger partial charge in [0.1, 0.15) is 23.9 Å². The molecule has 0 aliphatic heterocycles. The van der Waals surface area contributed by atoms with E-state index >= 15 is 0 Å². The molecule has 1 unspecified atom stereocenters. The summed E-state index contributed by atoms with van der Waals surface area (Å²) in [5.41, 5.74) is 5.83. The van der Waals surface area contributed by atoms with Gasteiger partial charge in [0.05, 0.1) is 13.2 Å². The molecule has 0 saturated heterocycles. The molecule has 1 aromatic carbocycles. The van der Waals surface area contributed by atoms with Crippen molar-refractivity contribution < 1.29 is 38.6 Å². The monoisotopic (exact) mass is 691 g/mol. The van der Waals surface area contributed by atoms with Crippen molar-refractivity contribution >= 4 is 35.6 Å². The van der Waals surface area contributed by atoms with E-state index in [1.54, 1.807) is 26.0 Å². The van der Waals surface area contributed by atoms with Crippen molar-refractivity contribution in [2.24, 2.45) is 11.7 Å². The van der Waals surface area contributed by atoms with Crippen LogP contribution < -0.4 is 37.6 Å². The molecule has 0 aliphatic rings. The number of carbonyl (C=O) groups is 6. The predicted molar refractivity (Wildman–Crippen MR) is 185 cm³/mol. The van der Waals surface area contributed by atoms with Gasteiger partial charge in [0.15, 0.2) is 0 Å². The van der Waals surface area contributed by atoms with E-state index in [9.17, 15) is 33.9 Å². The smallest absolute Gasteiger partial charge is 0.312 e. The zero-order valence-electron chi connectivity index (χ0n) is 29.4. The van der Waals surface area contributed by atoms with Crippen molar-refractivity contribution in [2.45, 2.75) is 104 Å². The summed E-state index contributed by atoms with van der Waals surface area (Å²) >= 11 is 0. The highest BCUT2D eigenvalue weighted by atomic mass is 16.5. The number of urea groups is 1. The number of amides is 7. The number of ether oxygens (including phenoxy) is 1. The van der Waals surface area contributed by atoms with E-state index in [1.165, 1.54) is 12.1 Å². The number of nitrogens with two attached hydrogens (primary N) is 1. The molecule has 0 aliphatic carbocycles. The summed E-state index contributed by atoms with van der Waals surface area (Å²) in [6.07, 6.45) is 4.45. The van der Waals surface area contributed by atoms with Gasteiger partial charge in [0.2, 0.25) is 29.5 Å². The predicted octanol–water partition coefficient (Wildman–Crippen LogP) is 1.12. The first-order valence-electron chi connectivity index (χ1n) is 17.2. The lowest BCUT2D eigenvalue weighted by Crippen LogP contribution is -2.58. The van der Waals surface area contributed by atoms with Gasteiger partial charge in [-0.3, -0.25) is 24.0 Å². The fourth-order valence-electron chi connectivity index (χ4n) is 4.76. The van der Waals surface area contributed by atoms with Gasteiger partial charge in [-0.05, 0) is 49.3 Å². The molecule has 276 valence electrons. The molecule has 1 rings (SSSR count). The Labute approximate surface area is 289 Å². The number of hydrogen-bond donors (Lipinski definition) is 8. The van der Waals surface area contributed by atoms with Gasteiger partial charge >= 0.3 is 6.03 Å². The van der Waals surface area contributed by atoms with Crippen molar-refractivity contribution in [3.8, 4) is 5.75 Å². The van der Waals surface area contributed by atoms with E-state index in [4.69, 9.17) is 10.5 Å². The normalized spacial score (nSPS) is 12.7. The Balaban J connectivity index is 3.02. The maximum Gasteiger partial charge on any atom is 0.312 e. The molecule has 0 spiro atoms. The summed E-state index contributed by atoms with van der Waals surface area (Å²) in [4.78, 5) is 75.8. The maximum atomic E-state index is 13.7. The molecule has 3 atom stereocenters. The standard InChI is InChI=1S/C34H57N7O8/c1-5-7-8-12-29(44)41-30(23(3)4)33(47)39-26(11-9-17-38-34(35)48)32(46)40-27(22-24-13-15-25(42)16-14-24)31(45)37-19-21-49-20-18-36-28(43)10-6-2/h13-16,23,26-27,30,42H,5-12,17-22H2,1-4H3,(H,36,43)(H,37,45)(H,39,47)(H,40,46)(H,41,44)(H3,35,38,48)/t26-,27?,30-/m0/s1. The number of carbonyl (C=O) groups excluding carboxylic acids is 6. The molecule has 0 radical (unpaired) electrons. The number of phenols is 1. The summed E-state index contributed by atoms with van der Waals surface area (Å²) < 4.78 is 5.49. The molecule has 0 fully saturated rings. The lowest BCUT2D eigenvalue weighted by Gasteiger charge is -2.27. The van der Waals surface area contributed by atoms with Gasteiger partial charge in [0.25, 0.3) is 0 Å². The number of primary amides is 1. The average molecular weight is 692 g/mol. The molecular weight excluding hydrogens is 634 g/mol. The minimum Gasteiger partial charge on any atom is -0.508 e. The highest BCUT2D eigenvalue weighted by Gasteiger charge is 2.31. The van der Waals surface area contributed by atoms with Crippen LogP contribution in [0.2, 0.25) is 0 Å². The lowest BCUT2D eigenvalue weighted by molar-refractivity contribution is -0.134. The molecule has 1 aromatic rings. The first-order chi connectivity index (χ1) is 23.4. The van der Waals surface area contributed by atoms with Gasteiger partial charge in [-0.2, -0.15) is 0 Å². The first-order valence-corrected chi connectivity index (χ1v) is 17.2. The van der Waals surface area contributed by atoms with Gasteiger partial charge in [-0.25, -0.2) is 4.79 Å². The number of aromatic hydroxyl groups is 1. The molecular formula is C34H57N7O8. The quantitative estimate of drug-likeness (QED) is 0.0691. The zero-order valence-corrected chi connectivity index (χ0v) is 29.4. The van der Waals surface area contributed by atoms with Crippen LogP contribution in [0.25, 0.3) is 0 Å². The third-order valence-corrected chi connectivity index (χ3v) is 7.48. The third-order valence-electron chi connectivity index (χ3n) is 7.48. The van der Waals surface area contributed by atoms with Crippen molar-refractivity contribution in [3.05, 3.63) is 29.8 Å². The Kier molecular flexibility index (Phi) is 21.5. The molecule has 0 heterocycles. The number of benzene rings is 1. The topological polar surface area (TPSA) is 230 Å². The fraction of sp³-hybridized carbons (Fsp3) is 0.647. The van der Waals surface area contributed by atoms with Crippen molar-refractivity contribution in [1.82, 2.24) is 31.9 Å². The molecule has 0 saturated carbocycles. The molecule has 49 heavy (non-hydrogen) atoms. The Hall–Kier alpha value is -4.40. The Bertz CT molecular complexity index is 1180. The van der Waals surface area contributed by atoms with Crippen molar-refractivity contribution in [3.63, 3.8) is 0 Å². The van der Waals surface area contributed by atoms with Crippen LogP contribution in [0.4, 0.5) is 4.79 Å². The highest BCUT2D eigenvalue weighted by molar-refractivity contribution is 5.94. The van der Waals surface area contributed by atoms with E-state index < -0.39 is 41.9 Å². The molecule has 0 bridgehead atoms. The molecule has 7 amide bonds. The van der Waals surface area contributed by atoms with Crippen molar-refractivity contribution in [2.75, 3.05) is 32.8 Å². The Morgan fingerprint density at radius 3 is 1.98 bits per heavy atom. The van der Waals surface area contributed by atoms with Gasteiger partial charge in [-0.15, -0.1) is 0 Å². The van der Waals surface area contributed by atoms with E-state index in [1.807, 2.05) is 13.8 Å².